The predicted molar refractivity (Wildman–Crippen MR) is 81.3 cm³/mol. The number of aromatic carboxylic acids is 1. The molecule has 1 fully saturated rings. The monoisotopic (exact) mass is 299 g/mol. The zero-order valence-corrected chi connectivity index (χ0v) is 12.1. The lowest BCUT2D eigenvalue weighted by Gasteiger charge is -2.28. The molecule has 0 atom stereocenters. The summed E-state index contributed by atoms with van der Waals surface area (Å²) >= 11 is 0. The molecular weight excluding hydrogens is 282 g/mol. The first-order valence-electron chi connectivity index (χ1n) is 7.20. The van der Waals surface area contributed by atoms with Crippen molar-refractivity contribution < 1.29 is 14.6 Å². The normalized spacial score (nSPS) is 14.8. The number of aromatic nitrogens is 2. The summed E-state index contributed by atoms with van der Waals surface area (Å²) in [6.07, 6.45) is 0.513. The zero-order chi connectivity index (χ0) is 15.4. The number of carboxylic acid groups (broad SMARTS) is 1. The van der Waals surface area contributed by atoms with E-state index in [2.05, 4.69) is 9.97 Å². The van der Waals surface area contributed by atoms with Crippen molar-refractivity contribution in [3.8, 4) is 0 Å². The molecular formula is C16H17N3O3. The fourth-order valence-electron chi connectivity index (χ4n) is 2.40. The molecule has 6 nitrogen and oxygen atoms in total. The number of carbonyl (C=O) groups is 1. The Balaban J connectivity index is 1.91. The van der Waals surface area contributed by atoms with Crippen LogP contribution in [-0.2, 0) is 11.2 Å². The lowest BCUT2D eigenvalue weighted by molar-refractivity contribution is 0.0690. The molecule has 1 aliphatic heterocycles. The molecule has 0 spiro atoms. The minimum atomic E-state index is -1.04. The largest absolute Gasteiger partial charge is 0.477 e. The Bertz CT molecular complexity index is 655. The minimum Gasteiger partial charge on any atom is -0.477 e. The van der Waals surface area contributed by atoms with Crippen LogP contribution in [-0.4, -0.2) is 47.3 Å². The molecule has 2 heterocycles. The van der Waals surface area contributed by atoms with Crippen molar-refractivity contribution in [3.63, 3.8) is 0 Å². The summed E-state index contributed by atoms with van der Waals surface area (Å²) in [4.78, 5) is 22.0. The second kappa shape index (κ2) is 6.53. The highest BCUT2D eigenvalue weighted by molar-refractivity contribution is 5.86. The number of hydrogen-bond donors (Lipinski definition) is 1. The highest BCUT2D eigenvalue weighted by Crippen LogP contribution is 2.16. The van der Waals surface area contributed by atoms with Gasteiger partial charge in [0.25, 0.3) is 0 Å². The molecule has 22 heavy (non-hydrogen) atoms. The van der Waals surface area contributed by atoms with Gasteiger partial charge in [-0.3, -0.25) is 0 Å². The van der Waals surface area contributed by atoms with Gasteiger partial charge in [-0.25, -0.2) is 14.8 Å². The SMILES string of the molecule is O=C(O)c1cc(N2CCOCC2)nc(Cc2ccccc2)n1. The van der Waals surface area contributed by atoms with Crippen molar-refractivity contribution in [2.75, 3.05) is 31.2 Å². The third-order valence-electron chi connectivity index (χ3n) is 3.52. The third-order valence-corrected chi connectivity index (χ3v) is 3.52. The maximum Gasteiger partial charge on any atom is 0.354 e. The molecule has 1 aliphatic rings. The Morgan fingerprint density at radius 2 is 1.91 bits per heavy atom. The van der Waals surface area contributed by atoms with Gasteiger partial charge in [-0.2, -0.15) is 0 Å². The topological polar surface area (TPSA) is 75.5 Å². The average Bonchev–Trinajstić information content (AvgIpc) is 2.56. The van der Waals surface area contributed by atoms with Crippen LogP contribution >= 0.6 is 0 Å². The first-order chi connectivity index (χ1) is 10.7. The number of hydrogen-bond acceptors (Lipinski definition) is 5. The van der Waals surface area contributed by atoms with Gasteiger partial charge in [0.05, 0.1) is 13.2 Å². The summed E-state index contributed by atoms with van der Waals surface area (Å²) in [6, 6.07) is 11.3. The summed E-state index contributed by atoms with van der Waals surface area (Å²) in [5, 5.41) is 9.26. The van der Waals surface area contributed by atoms with Crippen molar-refractivity contribution in [2.24, 2.45) is 0 Å². The summed E-state index contributed by atoms with van der Waals surface area (Å²) in [5.74, 6) is 0.139. The Hall–Kier alpha value is -2.47. The quantitative estimate of drug-likeness (QED) is 0.924. The number of anilines is 1. The van der Waals surface area contributed by atoms with E-state index in [-0.39, 0.29) is 5.69 Å². The van der Waals surface area contributed by atoms with Gasteiger partial charge >= 0.3 is 5.97 Å². The molecule has 0 saturated carbocycles. The van der Waals surface area contributed by atoms with Crippen LogP contribution < -0.4 is 4.90 Å². The number of benzene rings is 1. The smallest absolute Gasteiger partial charge is 0.354 e. The van der Waals surface area contributed by atoms with Crippen LogP contribution in [0.3, 0.4) is 0 Å². The Morgan fingerprint density at radius 3 is 2.59 bits per heavy atom. The Labute approximate surface area is 128 Å². The standard InChI is InChI=1S/C16H17N3O3/c20-16(21)13-11-15(19-6-8-22-9-7-19)18-14(17-13)10-12-4-2-1-3-5-12/h1-5,11H,6-10H2,(H,20,21). The molecule has 2 aromatic rings. The molecule has 0 amide bonds. The van der Waals surface area contributed by atoms with Crippen molar-refractivity contribution in [3.05, 3.63) is 53.5 Å². The van der Waals surface area contributed by atoms with Gasteiger partial charge in [0.1, 0.15) is 11.6 Å². The number of morpholine rings is 1. The molecule has 1 N–H and O–H groups in total. The van der Waals surface area contributed by atoms with E-state index in [9.17, 15) is 9.90 Å². The fraction of sp³-hybridized carbons (Fsp3) is 0.312. The number of rotatable bonds is 4. The van der Waals surface area contributed by atoms with Gasteiger partial charge < -0.3 is 14.7 Å². The molecule has 0 unspecified atom stereocenters. The fourth-order valence-corrected chi connectivity index (χ4v) is 2.40. The van der Waals surface area contributed by atoms with Crippen molar-refractivity contribution in [1.82, 2.24) is 9.97 Å². The maximum atomic E-state index is 11.3. The highest BCUT2D eigenvalue weighted by Gasteiger charge is 2.17. The second-order valence-electron chi connectivity index (χ2n) is 5.09. The summed E-state index contributed by atoms with van der Waals surface area (Å²) < 4.78 is 5.32. The number of carboxylic acids is 1. The van der Waals surface area contributed by atoms with Crippen LogP contribution in [0.2, 0.25) is 0 Å². The number of nitrogens with zero attached hydrogens (tertiary/aromatic N) is 3. The average molecular weight is 299 g/mol. The van der Waals surface area contributed by atoms with E-state index in [0.29, 0.717) is 44.4 Å². The predicted octanol–water partition coefficient (Wildman–Crippen LogP) is 1.60. The van der Waals surface area contributed by atoms with Crippen molar-refractivity contribution >= 4 is 11.8 Å². The van der Waals surface area contributed by atoms with Gasteiger partial charge in [0.15, 0.2) is 5.69 Å². The molecule has 1 saturated heterocycles. The third kappa shape index (κ3) is 3.40. The molecule has 6 heteroatoms. The molecule has 1 aromatic carbocycles. The van der Waals surface area contributed by atoms with E-state index in [1.807, 2.05) is 35.2 Å². The van der Waals surface area contributed by atoms with E-state index in [1.165, 1.54) is 6.07 Å². The number of ether oxygens (including phenoxy) is 1. The van der Waals surface area contributed by atoms with Gasteiger partial charge in [-0.15, -0.1) is 0 Å². The van der Waals surface area contributed by atoms with Gasteiger partial charge in [-0.1, -0.05) is 30.3 Å². The second-order valence-corrected chi connectivity index (χ2v) is 5.09. The molecule has 0 aliphatic carbocycles. The van der Waals surface area contributed by atoms with E-state index < -0.39 is 5.97 Å². The van der Waals surface area contributed by atoms with E-state index in [1.54, 1.807) is 0 Å². The molecule has 1 aromatic heterocycles. The van der Waals surface area contributed by atoms with Crippen LogP contribution in [0, 0.1) is 0 Å². The van der Waals surface area contributed by atoms with Crippen LogP contribution in [0.5, 0.6) is 0 Å². The Kier molecular flexibility index (Phi) is 4.29. The first kappa shape index (κ1) is 14.5. The highest BCUT2D eigenvalue weighted by atomic mass is 16.5. The van der Waals surface area contributed by atoms with Crippen molar-refractivity contribution in [2.45, 2.75) is 6.42 Å². The molecule has 0 bridgehead atoms. The van der Waals surface area contributed by atoms with E-state index in [0.717, 1.165) is 5.56 Å². The minimum absolute atomic E-state index is 0.0300. The van der Waals surface area contributed by atoms with Gasteiger partial charge in [0.2, 0.25) is 0 Å². The first-order valence-corrected chi connectivity index (χ1v) is 7.20. The lowest BCUT2D eigenvalue weighted by atomic mass is 10.1. The van der Waals surface area contributed by atoms with Crippen LogP contribution in [0.15, 0.2) is 36.4 Å². The van der Waals surface area contributed by atoms with Crippen LogP contribution in [0.4, 0.5) is 5.82 Å². The maximum absolute atomic E-state index is 11.3. The van der Waals surface area contributed by atoms with Crippen LogP contribution in [0.1, 0.15) is 21.9 Å². The summed E-state index contributed by atoms with van der Waals surface area (Å²) in [5.41, 5.74) is 1.08. The Morgan fingerprint density at radius 1 is 1.18 bits per heavy atom. The zero-order valence-electron chi connectivity index (χ0n) is 12.1. The molecule has 3 rings (SSSR count). The molecule has 114 valence electrons. The van der Waals surface area contributed by atoms with E-state index >= 15 is 0 Å². The molecule has 0 radical (unpaired) electrons. The van der Waals surface area contributed by atoms with Crippen LogP contribution in [0.25, 0.3) is 0 Å². The summed E-state index contributed by atoms with van der Waals surface area (Å²) in [7, 11) is 0. The lowest BCUT2D eigenvalue weighted by Crippen LogP contribution is -2.37. The van der Waals surface area contributed by atoms with Gasteiger partial charge in [0, 0.05) is 25.6 Å². The van der Waals surface area contributed by atoms with Gasteiger partial charge in [-0.05, 0) is 5.56 Å². The summed E-state index contributed by atoms with van der Waals surface area (Å²) in [6.45, 7) is 2.67. The van der Waals surface area contributed by atoms with E-state index in [4.69, 9.17) is 4.74 Å². The van der Waals surface area contributed by atoms with Crippen molar-refractivity contribution in [1.29, 1.82) is 0 Å².